The number of carboxylic acids is 1. The second-order valence-corrected chi connectivity index (χ2v) is 9.01. The molecule has 0 amide bonds. The molecule has 0 bridgehead atoms. The highest BCUT2D eigenvalue weighted by Crippen LogP contribution is 2.35. The third-order valence-corrected chi connectivity index (χ3v) is 6.45. The number of carboxylic acid groups (broad SMARTS) is 1. The Kier molecular flexibility index (Phi) is 6.75. The standard InChI is InChI=1S/C21H16ClF3N2O4S/c22-18-11-16(21(23,24)25)12-26-20(18)27(13-15-4-2-1-3-5-15)32(30,31)17-8-6-14(7-9-17)10-19(28)29/h1-9,11-12H,10,13H2,(H,28,29). The highest BCUT2D eigenvalue weighted by atomic mass is 35.5. The van der Waals surface area contributed by atoms with Crippen LogP contribution in [0.2, 0.25) is 5.02 Å². The van der Waals surface area contributed by atoms with Crippen molar-refractivity contribution in [3.8, 4) is 0 Å². The van der Waals surface area contributed by atoms with Gasteiger partial charge in [0.2, 0.25) is 0 Å². The van der Waals surface area contributed by atoms with Gasteiger partial charge in [0.15, 0.2) is 5.82 Å². The smallest absolute Gasteiger partial charge is 0.417 e. The molecule has 0 spiro atoms. The fourth-order valence-corrected chi connectivity index (χ4v) is 4.62. The zero-order valence-electron chi connectivity index (χ0n) is 16.3. The first kappa shape index (κ1) is 23.6. The summed E-state index contributed by atoms with van der Waals surface area (Å²) in [6.07, 6.45) is -4.47. The van der Waals surface area contributed by atoms with Gasteiger partial charge in [-0.3, -0.25) is 4.79 Å². The van der Waals surface area contributed by atoms with Crippen molar-refractivity contribution in [3.63, 3.8) is 0 Å². The number of hydrogen-bond donors (Lipinski definition) is 1. The summed E-state index contributed by atoms with van der Waals surface area (Å²) < 4.78 is 66.6. The minimum atomic E-state index is -4.70. The SMILES string of the molecule is O=C(O)Cc1ccc(S(=O)(=O)N(Cc2ccccc2)c2ncc(C(F)(F)F)cc2Cl)cc1. The summed E-state index contributed by atoms with van der Waals surface area (Å²) in [5.74, 6) is -1.44. The van der Waals surface area contributed by atoms with E-state index in [0.717, 1.165) is 4.31 Å². The van der Waals surface area contributed by atoms with E-state index in [-0.39, 0.29) is 23.7 Å². The molecule has 1 heterocycles. The quantitative estimate of drug-likeness (QED) is 0.521. The zero-order chi connectivity index (χ0) is 23.5. The van der Waals surface area contributed by atoms with Crippen LogP contribution in [0.15, 0.2) is 71.8 Å². The number of pyridine rings is 1. The summed E-state index contributed by atoms with van der Waals surface area (Å²) in [5, 5.41) is 8.39. The van der Waals surface area contributed by atoms with Crippen LogP contribution in [0.1, 0.15) is 16.7 Å². The lowest BCUT2D eigenvalue weighted by molar-refractivity contribution is -0.138. The van der Waals surface area contributed by atoms with Crippen molar-refractivity contribution in [2.24, 2.45) is 0 Å². The molecule has 0 fully saturated rings. The van der Waals surface area contributed by atoms with E-state index in [1.54, 1.807) is 30.3 Å². The summed E-state index contributed by atoms with van der Waals surface area (Å²) in [6.45, 7) is -0.238. The minimum Gasteiger partial charge on any atom is -0.481 e. The molecule has 2 aromatic carbocycles. The number of alkyl halides is 3. The Balaban J connectivity index is 2.07. The van der Waals surface area contributed by atoms with E-state index < -0.39 is 32.8 Å². The molecule has 11 heteroatoms. The van der Waals surface area contributed by atoms with Crippen LogP contribution in [0.5, 0.6) is 0 Å². The first-order valence-corrected chi connectivity index (χ1v) is 10.9. The number of carbonyl (C=O) groups is 1. The Bertz CT molecular complexity index is 1220. The Labute approximate surface area is 187 Å². The molecule has 0 aliphatic rings. The number of sulfonamides is 1. The summed E-state index contributed by atoms with van der Waals surface area (Å²) in [7, 11) is -4.31. The average Bonchev–Trinajstić information content (AvgIpc) is 2.72. The van der Waals surface area contributed by atoms with Gasteiger partial charge in [0.1, 0.15) is 0 Å². The van der Waals surface area contributed by atoms with Gasteiger partial charge >= 0.3 is 12.1 Å². The predicted molar refractivity (Wildman–Crippen MR) is 112 cm³/mol. The van der Waals surface area contributed by atoms with E-state index in [0.29, 0.717) is 23.4 Å². The van der Waals surface area contributed by atoms with Crippen LogP contribution in [0.25, 0.3) is 0 Å². The lowest BCUT2D eigenvalue weighted by atomic mass is 10.2. The summed E-state index contributed by atoms with van der Waals surface area (Å²) in [4.78, 5) is 14.4. The first-order valence-electron chi connectivity index (χ1n) is 9.08. The van der Waals surface area contributed by atoms with Crippen LogP contribution in [0.3, 0.4) is 0 Å². The highest BCUT2D eigenvalue weighted by Gasteiger charge is 2.34. The van der Waals surface area contributed by atoms with Gasteiger partial charge in [-0.25, -0.2) is 17.7 Å². The van der Waals surface area contributed by atoms with Crippen molar-refractivity contribution in [2.45, 2.75) is 24.0 Å². The van der Waals surface area contributed by atoms with Gasteiger partial charge in [-0.2, -0.15) is 13.2 Å². The van der Waals surface area contributed by atoms with E-state index in [1.165, 1.54) is 24.3 Å². The lowest BCUT2D eigenvalue weighted by Gasteiger charge is -2.25. The van der Waals surface area contributed by atoms with Crippen molar-refractivity contribution in [1.82, 2.24) is 4.98 Å². The van der Waals surface area contributed by atoms with Crippen LogP contribution in [0.4, 0.5) is 19.0 Å². The number of halogens is 4. The molecular weight excluding hydrogens is 469 g/mol. The average molecular weight is 485 g/mol. The molecule has 3 rings (SSSR count). The van der Waals surface area contributed by atoms with Crippen LogP contribution >= 0.6 is 11.6 Å². The molecule has 1 N–H and O–H groups in total. The maximum absolute atomic E-state index is 13.4. The van der Waals surface area contributed by atoms with Crippen molar-refractivity contribution in [3.05, 3.63) is 88.6 Å². The summed E-state index contributed by atoms with van der Waals surface area (Å²) in [5.41, 5.74) is -0.172. The van der Waals surface area contributed by atoms with E-state index in [9.17, 15) is 26.4 Å². The van der Waals surface area contributed by atoms with Crippen LogP contribution in [-0.2, 0) is 34.0 Å². The van der Waals surface area contributed by atoms with Crippen LogP contribution in [0, 0.1) is 0 Å². The van der Waals surface area contributed by atoms with E-state index >= 15 is 0 Å². The molecule has 0 atom stereocenters. The Morgan fingerprint density at radius 3 is 2.19 bits per heavy atom. The molecule has 1 aromatic heterocycles. The fraction of sp³-hybridized carbons (Fsp3) is 0.143. The summed E-state index contributed by atoms with van der Waals surface area (Å²) in [6, 6.07) is 14.2. The highest BCUT2D eigenvalue weighted by molar-refractivity contribution is 7.92. The molecular formula is C21H16ClF3N2O4S. The normalized spacial score (nSPS) is 11.9. The molecule has 0 radical (unpaired) electrons. The molecule has 0 aliphatic carbocycles. The van der Waals surface area contributed by atoms with Gasteiger partial charge in [0.05, 0.1) is 28.4 Å². The number of aliphatic carboxylic acids is 1. The number of nitrogens with zero attached hydrogens (tertiary/aromatic N) is 2. The van der Waals surface area contributed by atoms with Gasteiger partial charge in [-0.15, -0.1) is 0 Å². The number of benzene rings is 2. The van der Waals surface area contributed by atoms with Crippen LogP contribution < -0.4 is 4.31 Å². The molecule has 32 heavy (non-hydrogen) atoms. The van der Waals surface area contributed by atoms with E-state index in [2.05, 4.69) is 4.98 Å². The molecule has 168 valence electrons. The topological polar surface area (TPSA) is 87.6 Å². The Hall–Kier alpha value is -3.11. The largest absolute Gasteiger partial charge is 0.481 e. The number of rotatable bonds is 7. The van der Waals surface area contributed by atoms with Crippen molar-refractivity contribution >= 4 is 33.4 Å². The molecule has 0 saturated heterocycles. The molecule has 6 nitrogen and oxygen atoms in total. The Morgan fingerprint density at radius 2 is 1.66 bits per heavy atom. The summed E-state index contributed by atoms with van der Waals surface area (Å²) >= 11 is 6.04. The maximum atomic E-state index is 13.4. The second kappa shape index (κ2) is 9.17. The van der Waals surface area contributed by atoms with Gasteiger partial charge in [-0.1, -0.05) is 54.1 Å². The fourth-order valence-electron chi connectivity index (χ4n) is 2.87. The second-order valence-electron chi connectivity index (χ2n) is 6.74. The lowest BCUT2D eigenvalue weighted by Crippen LogP contribution is -2.31. The van der Waals surface area contributed by atoms with Crippen molar-refractivity contribution in [2.75, 3.05) is 4.31 Å². The zero-order valence-corrected chi connectivity index (χ0v) is 17.8. The number of aromatic nitrogens is 1. The van der Waals surface area contributed by atoms with Gasteiger partial charge in [0, 0.05) is 6.20 Å². The maximum Gasteiger partial charge on any atom is 0.417 e. The number of hydrogen-bond acceptors (Lipinski definition) is 4. The monoisotopic (exact) mass is 484 g/mol. The first-order chi connectivity index (χ1) is 15.0. The van der Waals surface area contributed by atoms with E-state index in [1.807, 2.05) is 0 Å². The third-order valence-electron chi connectivity index (χ3n) is 4.42. The predicted octanol–water partition coefficient (Wildman–Crippen LogP) is 4.78. The third kappa shape index (κ3) is 5.38. The number of anilines is 1. The van der Waals surface area contributed by atoms with Crippen LogP contribution in [-0.4, -0.2) is 24.5 Å². The molecule has 3 aromatic rings. The Morgan fingerprint density at radius 1 is 1.03 bits per heavy atom. The van der Waals surface area contributed by atoms with Gasteiger partial charge in [-0.05, 0) is 29.3 Å². The minimum absolute atomic E-state index is 0.194. The van der Waals surface area contributed by atoms with Crippen molar-refractivity contribution < 1.29 is 31.5 Å². The van der Waals surface area contributed by atoms with Gasteiger partial charge < -0.3 is 5.11 Å². The molecule has 0 unspecified atom stereocenters. The van der Waals surface area contributed by atoms with Crippen molar-refractivity contribution in [1.29, 1.82) is 0 Å². The molecule has 0 aliphatic heterocycles. The van der Waals surface area contributed by atoms with Gasteiger partial charge in [0.25, 0.3) is 10.0 Å². The van der Waals surface area contributed by atoms with E-state index in [4.69, 9.17) is 16.7 Å². The molecule has 0 saturated carbocycles.